The molecule has 0 aromatic heterocycles. The Morgan fingerprint density at radius 2 is 1.52 bits per heavy atom. The summed E-state index contributed by atoms with van der Waals surface area (Å²) in [7, 11) is 0. The molecule has 0 bridgehead atoms. The molecule has 130 valence electrons. The number of ketones is 2. The van der Waals surface area contributed by atoms with Gasteiger partial charge in [0.1, 0.15) is 5.56 Å². The number of benzene rings is 1. The fraction of sp³-hybridized carbons (Fsp3) is 0. The Bertz CT molecular complexity index is 801. The minimum atomic E-state index is -1.02. The van der Waals surface area contributed by atoms with E-state index in [0.29, 0.717) is 12.4 Å². The van der Waals surface area contributed by atoms with Gasteiger partial charge in [-0.3, -0.25) is 19.7 Å². The average molecular weight is 349 g/mol. The number of hydrazone groups is 2. The van der Waals surface area contributed by atoms with Crippen LogP contribution in [0.5, 0.6) is 0 Å². The second kappa shape index (κ2) is 8.47. The number of primary amides is 2. The third kappa shape index (κ3) is 5.85. The van der Waals surface area contributed by atoms with Crippen LogP contribution >= 0.6 is 0 Å². The third-order valence-electron chi connectivity index (χ3n) is 2.46. The van der Waals surface area contributed by atoms with Crippen molar-refractivity contribution in [3.05, 3.63) is 39.4 Å². The summed E-state index contributed by atoms with van der Waals surface area (Å²) in [6.45, 7) is 0. The molecule has 6 N–H and O–H groups in total. The van der Waals surface area contributed by atoms with Crippen LogP contribution in [0.25, 0.3) is 0 Å². The lowest BCUT2D eigenvalue weighted by atomic mass is 10.0. The number of Topliss-reactive ketones (excluding diaryl/α,β-unsaturated/α-hetero) is 2. The largest absolute Gasteiger partial charge is 0.350 e. The molecular weight excluding hydrogens is 338 g/mol. The van der Waals surface area contributed by atoms with E-state index in [4.69, 9.17) is 11.5 Å². The molecule has 0 atom stereocenters. The second-order valence-electron chi connectivity index (χ2n) is 4.19. The highest BCUT2D eigenvalue weighted by Crippen LogP contribution is 2.20. The number of urea groups is 2. The Morgan fingerprint density at radius 3 is 2.00 bits per heavy atom. The summed E-state index contributed by atoms with van der Waals surface area (Å²) in [5, 5.41) is 17.5. The van der Waals surface area contributed by atoms with Gasteiger partial charge < -0.3 is 11.5 Å². The Hall–Kier alpha value is -4.16. The Balaban J connectivity index is 3.09. The van der Waals surface area contributed by atoms with Gasteiger partial charge in [0.25, 0.3) is 5.69 Å². The van der Waals surface area contributed by atoms with Gasteiger partial charge in [0, 0.05) is 11.6 Å². The maximum absolute atomic E-state index is 11.9. The minimum Gasteiger partial charge on any atom is -0.350 e. The summed E-state index contributed by atoms with van der Waals surface area (Å²) in [6.07, 6.45) is 1.30. The molecule has 0 fully saturated rings. The Morgan fingerprint density at radius 1 is 1.00 bits per heavy atom. The van der Waals surface area contributed by atoms with Gasteiger partial charge >= 0.3 is 12.1 Å². The van der Waals surface area contributed by atoms with E-state index in [1.807, 2.05) is 0 Å². The van der Waals surface area contributed by atoms with Crippen molar-refractivity contribution < 1.29 is 24.1 Å². The molecule has 0 saturated carbocycles. The van der Waals surface area contributed by atoms with Gasteiger partial charge in [-0.2, -0.15) is 10.2 Å². The highest BCUT2D eigenvalue weighted by atomic mass is 16.6. The molecule has 4 amide bonds. The average Bonchev–Trinajstić information content (AvgIpc) is 2.53. The number of carbonyl (C=O) groups excluding carboxylic acids is 4. The molecule has 0 aliphatic carbocycles. The molecule has 1 aromatic rings. The van der Waals surface area contributed by atoms with Crippen LogP contribution in [0.2, 0.25) is 0 Å². The second-order valence-corrected chi connectivity index (χ2v) is 4.19. The first-order valence-corrected chi connectivity index (χ1v) is 6.26. The molecule has 0 spiro atoms. The summed E-state index contributed by atoms with van der Waals surface area (Å²) >= 11 is 0. The number of amides is 4. The number of nitrogens with two attached hydrogens (primary N) is 2. The lowest BCUT2D eigenvalue weighted by Gasteiger charge is -2.01. The Labute approximate surface area is 138 Å². The van der Waals surface area contributed by atoms with Crippen LogP contribution in [-0.4, -0.2) is 41.0 Å². The van der Waals surface area contributed by atoms with E-state index in [0.717, 1.165) is 18.2 Å². The number of nitro benzene ring substituents is 1. The highest BCUT2D eigenvalue weighted by molar-refractivity contribution is 6.38. The number of nitrogens with one attached hydrogen (secondary N) is 2. The van der Waals surface area contributed by atoms with Gasteiger partial charge in [0.2, 0.25) is 11.6 Å². The molecule has 0 unspecified atom stereocenters. The summed E-state index contributed by atoms with van der Waals surface area (Å²) in [4.78, 5) is 54.7. The lowest BCUT2D eigenvalue weighted by Crippen LogP contribution is -2.25. The number of rotatable bonds is 7. The molecule has 0 radical (unpaired) electrons. The summed E-state index contributed by atoms with van der Waals surface area (Å²) in [5.74, 6) is -1.68. The van der Waals surface area contributed by atoms with Gasteiger partial charge in [-0.1, -0.05) is 0 Å². The van der Waals surface area contributed by atoms with Crippen molar-refractivity contribution in [1.82, 2.24) is 10.9 Å². The van der Waals surface area contributed by atoms with Crippen molar-refractivity contribution in [3.8, 4) is 0 Å². The van der Waals surface area contributed by atoms with E-state index in [1.165, 1.54) is 0 Å². The Kier molecular flexibility index (Phi) is 6.40. The predicted octanol–water partition coefficient (Wildman–Crippen LogP) is -0.732. The number of nitro groups is 1. The van der Waals surface area contributed by atoms with Gasteiger partial charge in [-0.15, -0.1) is 0 Å². The SMILES string of the molecule is NC(=O)NN=CC(=O)c1ccc(C(=O)/C=N\NC(N)=O)c([N+](=O)[O-])c1. The number of nitrogens with zero attached hydrogens (tertiary/aromatic N) is 3. The summed E-state index contributed by atoms with van der Waals surface area (Å²) in [5.41, 5.74) is 11.8. The first kappa shape index (κ1) is 18.9. The molecule has 0 aliphatic rings. The van der Waals surface area contributed by atoms with Crippen molar-refractivity contribution in [2.24, 2.45) is 21.7 Å². The highest BCUT2D eigenvalue weighted by Gasteiger charge is 2.21. The monoisotopic (exact) mass is 349 g/mol. The van der Waals surface area contributed by atoms with Crippen molar-refractivity contribution >= 4 is 41.7 Å². The van der Waals surface area contributed by atoms with E-state index in [9.17, 15) is 29.3 Å². The van der Waals surface area contributed by atoms with Gasteiger partial charge in [0.15, 0.2) is 0 Å². The fourth-order valence-corrected chi connectivity index (χ4v) is 1.50. The van der Waals surface area contributed by atoms with Crippen LogP contribution in [0.4, 0.5) is 15.3 Å². The van der Waals surface area contributed by atoms with Crippen LogP contribution in [0.3, 0.4) is 0 Å². The van der Waals surface area contributed by atoms with E-state index in [1.54, 1.807) is 10.9 Å². The first-order valence-electron chi connectivity index (χ1n) is 6.26. The molecule has 13 nitrogen and oxygen atoms in total. The molecule has 0 aliphatic heterocycles. The normalized spacial score (nSPS) is 10.6. The van der Waals surface area contributed by atoms with Crippen LogP contribution < -0.4 is 22.3 Å². The molecule has 0 heterocycles. The van der Waals surface area contributed by atoms with Crippen LogP contribution in [-0.2, 0) is 0 Å². The maximum Gasteiger partial charge on any atom is 0.332 e. The maximum atomic E-state index is 11.9. The smallest absolute Gasteiger partial charge is 0.332 e. The van der Waals surface area contributed by atoms with Crippen molar-refractivity contribution in [1.29, 1.82) is 0 Å². The fourth-order valence-electron chi connectivity index (χ4n) is 1.50. The predicted molar refractivity (Wildman–Crippen MR) is 84.2 cm³/mol. The molecule has 1 aromatic carbocycles. The first-order chi connectivity index (χ1) is 11.7. The zero-order chi connectivity index (χ0) is 19.0. The van der Waals surface area contributed by atoms with Gasteiger partial charge in [-0.05, 0) is 12.1 Å². The van der Waals surface area contributed by atoms with Crippen LogP contribution in [0.1, 0.15) is 20.7 Å². The van der Waals surface area contributed by atoms with E-state index < -0.39 is 34.2 Å². The molecule has 13 heteroatoms. The summed E-state index contributed by atoms with van der Waals surface area (Å²) < 4.78 is 0. The van der Waals surface area contributed by atoms with Gasteiger partial charge in [-0.25, -0.2) is 20.4 Å². The van der Waals surface area contributed by atoms with Crippen molar-refractivity contribution in [3.63, 3.8) is 0 Å². The van der Waals surface area contributed by atoms with Gasteiger partial charge in [0.05, 0.1) is 17.4 Å². The van der Waals surface area contributed by atoms with Crippen molar-refractivity contribution in [2.75, 3.05) is 0 Å². The molecule has 0 saturated heterocycles. The van der Waals surface area contributed by atoms with E-state index >= 15 is 0 Å². The zero-order valence-electron chi connectivity index (χ0n) is 12.3. The van der Waals surface area contributed by atoms with E-state index in [2.05, 4.69) is 10.2 Å². The minimum absolute atomic E-state index is 0.162. The molecule has 1 rings (SSSR count). The molecule has 25 heavy (non-hydrogen) atoms. The van der Waals surface area contributed by atoms with Crippen LogP contribution in [0, 0.1) is 10.1 Å². The van der Waals surface area contributed by atoms with Crippen molar-refractivity contribution in [2.45, 2.75) is 0 Å². The number of hydrogen-bond donors (Lipinski definition) is 4. The van der Waals surface area contributed by atoms with E-state index in [-0.39, 0.29) is 11.1 Å². The number of carbonyl (C=O) groups is 4. The number of hydrogen-bond acceptors (Lipinski definition) is 8. The third-order valence-corrected chi connectivity index (χ3v) is 2.46. The quantitative estimate of drug-likeness (QED) is 0.215. The lowest BCUT2D eigenvalue weighted by molar-refractivity contribution is -0.385. The standard InChI is InChI=1S/C12H11N7O6/c13-11(22)17-15-4-9(20)6-1-2-7(8(3-6)19(24)25)10(21)5-16-18-12(14)23/h1-5H,(H3,13,17,22)(H3,14,18,23)/b15-4?,16-5-. The zero-order valence-corrected chi connectivity index (χ0v) is 12.3. The van der Waals surface area contributed by atoms with Crippen LogP contribution in [0.15, 0.2) is 28.4 Å². The summed E-state index contributed by atoms with van der Waals surface area (Å²) in [6, 6.07) is 0.984. The topological polar surface area (TPSA) is 212 Å². The molecular formula is C12H11N7O6.